The van der Waals surface area contributed by atoms with E-state index < -0.39 is 10.0 Å². The summed E-state index contributed by atoms with van der Waals surface area (Å²) in [6, 6.07) is 22.6. The zero-order chi connectivity index (χ0) is 24.7. The number of aryl methyl sites for hydroxylation is 2. The lowest BCUT2D eigenvalue weighted by Gasteiger charge is -2.17. The average Bonchev–Trinajstić information content (AvgIpc) is 3.09. The van der Waals surface area contributed by atoms with Crippen molar-refractivity contribution in [3.63, 3.8) is 0 Å². The van der Waals surface area contributed by atoms with E-state index in [2.05, 4.69) is 10.0 Å². The van der Waals surface area contributed by atoms with Crippen LogP contribution < -0.4 is 14.9 Å². The zero-order valence-electron chi connectivity index (χ0n) is 19.2. The van der Waals surface area contributed by atoms with Gasteiger partial charge in [0.1, 0.15) is 6.54 Å². The third-order valence-corrected chi connectivity index (χ3v) is 7.42. The van der Waals surface area contributed by atoms with E-state index in [-0.39, 0.29) is 23.3 Å². The van der Waals surface area contributed by atoms with Crippen molar-refractivity contribution in [1.29, 1.82) is 0 Å². The summed E-state index contributed by atoms with van der Waals surface area (Å²) in [5.74, 6) is -0.599. The smallest absolute Gasteiger partial charge is 0.261 e. The van der Waals surface area contributed by atoms with Crippen LogP contribution in [0.2, 0.25) is 0 Å². The molecule has 0 bridgehead atoms. The van der Waals surface area contributed by atoms with Gasteiger partial charge in [0, 0.05) is 16.6 Å². The minimum absolute atomic E-state index is 0.0771. The van der Waals surface area contributed by atoms with E-state index in [1.165, 1.54) is 29.2 Å². The van der Waals surface area contributed by atoms with Gasteiger partial charge in [0.25, 0.3) is 15.9 Å². The number of sulfonamides is 1. The molecule has 5 rings (SSSR count). The third-order valence-electron chi connectivity index (χ3n) is 6.04. The molecule has 1 aliphatic rings. The number of rotatable bonds is 6. The summed E-state index contributed by atoms with van der Waals surface area (Å²) in [6.07, 6.45) is 0. The van der Waals surface area contributed by atoms with Crippen molar-refractivity contribution in [2.45, 2.75) is 18.7 Å². The Morgan fingerprint density at radius 3 is 2.37 bits per heavy atom. The molecule has 1 aliphatic heterocycles. The van der Waals surface area contributed by atoms with Crippen molar-refractivity contribution in [2.75, 3.05) is 21.5 Å². The Morgan fingerprint density at radius 1 is 0.914 bits per heavy atom. The van der Waals surface area contributed by atoms with Gasteiger partial charge in [0.15, 0.2) is 0 Å². The van der Waals surface area contributed by atoms with Gasteiger partial charge in [0.2, 0.25) is 5.91 Å². The van der Waals surface area contributed by atoms with E-state index in [1.54, 1.807) is 12.1 Å². The lowest BCUT2D eigenvalue weighted by atomic mass is 10.1. The summed E-state index contributed by atoms with van der Waals surface area (Å²) in [6.45, 7) is 3.57. The predicted molar refractivity (Wildman–Crippen MR) is 137 cm³/mol. The van der Waals surface area contributed by atoms with Gasteiger partial charge in [-0.3, -0.25) is 19.2 Å². The first kappa shape index (κ1) is 22.6. The van der Waals surface area contributed by atoms with Gasteiger partial charge in [0.05, 0.1) is 16.3 Å². The molecule has 0 aromatic heterocycles. The third kappa shape index (κ3) is 4.24. The molecule has 0 saturated carbocycles. The van der Waals surface area contributed by atoms with Crippen molar-refractivity contribution >= 4 is 49.7 Å². The number of anilines is 3. The molecule has 2 N–H and O–H groups in total. The van der Waals surface area contributed by atoms with Crippen molar-refractivity contribution in [1.82, 2.24) is 0 Å². The molecule has 1 heterocycles. The van der Waals surface area contributed by atoms with E-state index in [9.17, 15) is 18.0 Å². The zero-order valence-corrected chi connectivity index (χ0v) is 20.0. The molecule has 7 nitrogen and oxygen atoms in total. The SMILES string of the molecule is Cc1ccc(C)c(NS(=O)(=O)c2ccc(NC(=O)CN3C(=O)c4cccc5cccc3c45)cc2)c1. The maximum Gasteiger partial charge on any atom is 0.261 e. The molecular formula is C27H23N3O4S. The number of nitrogens with one attached hydrogen (secondary N) is 2. The number of nitrogens with zero attached hydrogens (tertiary/aromatic N) is 1. The minimum atomic E-state index is -3.79. The second-order valence-electron chi connectivity index (χ2n) is 8.57. The van der Waals surface area contributed by atoms with Crippen LogP contribution in [0, 0.1) is 13.8 Å². The van der Waals surface area contributed by atoms with E-state index in [1.807, 2.05) is 56.3 Å². The van der Waals surface area contributed by atoms with Gasteiger partial charge >= 0.3 is 0 Å². The van der Waals surface area contributed by atoms with Crippen LogP contribution in [0.3, 0.4) is 0 Å². The summed E-state index contributed by atoms with van der Waals surface area (Å²) in [5.41, 5.74) is 4.00. The highest BCUT2D eigenvalue weighted by Crippen LogP contribution is 2.37. The van der Waals surface area contributed by atoms with Gasteiger partial charge in [-0.2, -0.15) is 0 Å². The molecule has 176 valence electrons. The lowest BCUT2D eigenvalue weighted by Crippen LogP contribution is -2.35. The highest BCUT2D eigenvalue weighted by Gasteiger charge is 2.30. The van der Waals surface area contributed by atoms with Gasteiger partial charge in [-0.15, -0.1) is 0 Å². The Bertz CT molecular complexity index is 1590. The fourth-order valence-electron chi connectivity index (χ4n) is 4.25. The lowest BCUT2D eigenvalue weighted by molar-refractivity contribution is -0.114. The molecule has 4 aromatic rings. The van der Waals surface area contributed by atoms with E-state index in [4.69, 9.17) is 0 Å². The van der Waals surface area contributed by atoms with Gasteiger partial charge in [-0.05, 0) is 72.8 Å². The molecule has 0 saturated heterocycles. The molecule has 0 fully saturated rings. The number of hydrogen-bond donors (Lipinski definition) is 2. The first-order valence-electron chi connectivity index (χ1n) is 11.1. The number of amides is 2. The summed E-state index contributed by atoms with van der Waals surface area (Å²) in [5, 5.41) is 4.54. The molecular weight excluding hydrogens is 462 g/mol. The van der Waals surface area contributed by atoms with E-state index in [0.717, 1.165) is 21.9 Å². The van der Waals surface area contributed by atoms with Gasteiger partial charge in [-0.1, -0.05) is 36.4 Å². The fourth-order valence-corrected chi connectivity index (χ4v) is 5.37. The average molecular weight is 486 g/mol. The topological polar surface area (TPSA) is 95.6 Å². The second-order valence-corrected chi connectivity index (χ2v) is 10.3. The molecule has 35 heavy (non-hydrogen) atoms. The monoisotopic (exact) mass is 485 g/mol. The molecule has 0 radical (unpaired) electrons. The van der Waals surface area contributed by atoms with E-state index >= 15 is 0 Å². The van der Waals surface area contributed by atoms with Crippen LogP contribution in [0.5, 0.6) is 0 Å². The van der Waals surface area contributed by atoms with Crippen LogP contribution in [0.15, 0.2) is 83.8 Å². The van der Waals surface area contributed by atoms with Crippen LogP contribution in [-0.4, -0.2) is 26.8 Å². The van der Waals surface area contributed by atoms with Crippen molar-refractivity contribution in [3.8, 4) is 0 Å². The van der Waals surface area contributed by atoms with Crippen LogP contribution in [0.25, 0.3) is 10.8 Å². The molecule has 0 unspecified atom stereocenters. The van der Waals surface area contributed by atoms with Crippen molar-refractivity contribution in [2.24, 2.45) is 0 Å². The number of carbonyl (C=O) groups excluding carboxylic acids is 2. The summed E-state index contributed by atoms with van der Waals surface area (Å²) in [7, 11) is -3.79. The summed E-state index contributed by atoms with van der Waals surface area (Å²) < 4.78 is 28.3. The predicted octanol–water partition coefficient (Wildman–Crippen LogP) is 4.86. The molecule has 4 aromatic carbocycles. The summed E-state index contributed by atoms with van der Waals surface area (Å²) >= 11 is 0. The fraction of sp³-hybridized carbons (Fsp3) is 0.111. The molecule has 0 atom stereocenters. The first-order chi connectivity index (χ1) is 16.7. The molecule has 0 aliphatic carbocycles. The maximum atomic E-state index is 12.9. The Hall–Kier alpha value is -4.17. The van der Waals surface area contributed by atoms with Crippen LogP contribution in [0.1, 0.15) is 21.5 Å². The van der Waals surface area contributed by atoms with Crippen molar-refractivity contribution < 1.29 is 18.0 Å². The Morgan fingerprint density at radius 2 is 1.63 bits per heavy atom. The summed E-state index contributed by atoms with van der Waals surface area (Å²) in [4.78, 5) is 27.2. The number of carbonyl (C=O) groups is 2. The molecule has 2 amide bonds. The quantitative estimate of drug-likeness (QED) is 0.408. The molecule has 8 heteroatoms. The standard InChI is InChI=1S/C27H23N3O4S/c1-17-9-10-18(2)23(15-17)29-35(33,34)21-13-11-20(12-14-21)28-25(31)16-30-24-8-4-6-19-5-3-7-22(26(19)24)27(30)32/h3-15,29H,16H2,1-2H3,(H,28,31). The number of benzene rings is 4. The minimum Gasteiger partial charge on any atom is -0.325 e. The molecule has 0 spiro atoms. The second kappa shape index (κ2) is 8.56. The Kier molecular flexibility index (Phi) is 5.53. The normalized spacial score (nSPS) is 12.7. The first-order valence-corrected chi connectivity index (χ1v) is 12.5. The largest absolute Gasteiger partial charge is 0.325 e. The Balaban J connectivity index is 1.29. The van der Waals surface area contributed by atoms with Gasteiger partial charge < -0.3 is 5.32 Å². The number of hydrogen-bond acceptors (Lipinski definition) is 4. The Labute approximate surface area is 203 Å². The van der Waals surface area contributed by atoms with Crippen LogP contribution >= 0.6 is 0 Å². The van der Waals surface area contributed by atoms with Crippen molar-refractivity contribution in [3.05, 3.63) is 95.6 Å². The van der Waals surface area contributed by atoms with Crippen LogP contribution in [0.4, 0.5) is 17.1 Å². The van der Waals surface area contributed by atoms with E-state index in [0.29, 0.717) is 22.6 Å². The highest BCUT2D eigenvalue weighted by atomic mass is 32.2. The van der Waals surface area contributed by atoms with Crippen LogP contribution in [-0.2, 0) is 14.8 Å². The maximum absolute atomic E-state index is 12.9. The van der Waals surface area contributed by atoms with Gasteiger partial charge in [-0.25, -0.2) is 8.42 Å². The highest BCUT2D eigenvalue weighted by molar-refractivity contribution is 7.92.